The lowest BCUT2D eigenvalue weighted by atomic mass is 9.70. The van der Waals surface area contributed by atoms with Gasteiger partial charge in [0.15, 0.2) is 0 Å². The lowest BCUT2D eigenvalue weighted by Crippen LogP contribution is -2.25. The molecule has 18 aromatic rings. The molecule has 0 unspecified atom stereocenters. The van der Waals surface area contributed by atoms with Gasteiger partial charge in [-0.25, -0.2) is 9.97 Å². The van der Waals surface area contributed by atoms with Crippen LogP contribution >= 0.6 is 0 Å². The molecule has 3 heterocycles. The van der Waals surface area contributed by atoms with Gasteiger partial charge in [-0.05, 0) is 206 Å². The Morgan fingerprint density at radius 1 is 0.170 bits per heavy atom. The molecule has 4 aliphatic rings. The Kier molecular flexibility index (Phi) is 13.1. The van der Waals surface area contributed by atoms with Crippen molar-refractivity contribution in [3.63, 3.8) is 0 Å². The quantitative estimate of drug-likeness (QED) is 0.133. The molecular weight excluding hydrogens is 1290 g/mol. The van der Waals surface area contributed by atoms with Gasteiger partial charge in [0.05, 0.1) is 33.3 Å². The van der Waals surface area contributed by atoms with E-state index in [0.717, 1.165) is 100 Å². The summed E-state index contributed by atoms with van der Waals surface area (Å²) in [7, 11) is 0. The Balaban J connectivity index is 0.728. The molecule has 0 fully saturated rings. The maximum absolute atomic E-state index is 6.16. The molecule has 0 amide bonds. The summed E-state index contributed by atoms with van der Waals surface area (Å²) < 4.78 is 12.3. The summed E-state index contributed by atoms with van der Waals surface area (Å²) in [5.41, 5.74) is 36.2. The lowest BCUT2D eigenvalue weighted by molar-refractivity contribution is 0.584. The predicted molar refractivity (Wildman–Crippen MR) is 422 cm³/mol. The first-order chi connectivity index (χ1) is 52.5. The molecule has 0 radical (unpaired) electrons. The highest BCUT2D eigenvalue weighted by Crippen LogP contribution is 2.65. The number of nitrogens with zero attached hydrogens (tertiary/aromatic N) is 6. The Labute approximate surface area is 611 Å². The molecule has 4 aliphatic carbocycles. The van der Waals surface area contributed by atoms with Gasteiger partial charge in [0.1, 0.15) is 0 Å². The van der Waals surface area contributed by atoms with Crippen LogP contribution in [0.3, 0.4) is 0 Å². The van der Waals surface area contributed by atoms with Crippen molar-refractivity contribution >= 4 is 11.0 Å². The second kappa shape index (κ2) is 23.2. The minimum absolute atomic E-state index is 0.464. The van der Waals surface area contributed by atoms with Gasteiger partial charge >= 0.3 is 0 Å². The van der Waals surface area contributed by atoms with E-state index in [9.17, 15) is 0 Å². The van der Waals surface area contributed by atoms with E-state index in [2.05, 4.69) is 287 Å². The van der Waals surface area contributed by atoms with Crippen LogP contribution in [-0.4, -0.2) is 30.4 Å². The first-order valence-corrected chi connectivity index (χ1v) is 36.0. The number of hydrogen-bond donors (Lipinski definition) is 0. The fraction of sp³-hybridized carbons (Fsp3) is 0.0204. The van der Waals surface area contributed by atoms with Gasteiger partial charge in [-0.15, -0.1) is 20.4 Å². The third-order valence-electron chi connectivity index (χ3n) is 22.6. The van der Waals surface area contributed by atoms with E-state index in [4.69, 9.17) is 18.8 Å². The summed E-state index contributed by atoms with van der Waals surface area (Å²) in [6.07, 6.45) is 0. The number of hydrogen-bond acceptors (Lipinski definition) is 8. The molecule has 0 N–H and O–H groups in total. The summed E-state index contributed by atoms with van der Waals surface area (Å²) in [5, 5.41) is 17.5. The van der Waals surface area contributed by atoms with Crippen molar-refractivity contribution < 1.29 is 8.83 Å². The molecule has 0 saturated carbocycles. The van der Waals surface area contributed by atoms with Crippen molar-refractivity contribution in [2.24, 2.45) is 0 Å². The molecule has 492 valence electrons. The van der Waals surface area contributed by atoms with E-state index in [1.54, 1.807) is 0 Å². The molecule has 0 aliphatic heterocycles. The maximum atomic E-state index is 6.16. The second-order valence-electron chi connectivity index (χ2n) is 28.0. The van der Waals surface area contributed by atoms with Gasteiger partial charge in [0.2, 0.25) is 23.6 Å². The molecule has 2 spiro atoms. The van der Waals surface area contributed by atoms with Crippen molar-refractivity contribution in [3.05, 3.63) is 396 Å². The number of fused-ring (bicyclic) bond motifs is 21. The van der Waals surface area contributed by atoms with Crippen molar-refractivity contribution in [2.75, 3.05) is 0 Å². The zero-order valence-corrected chi connectivity index (χ0v) is 57.0. The van der Waals surface area contributed by atoms with Crippen LogP contribution in [0, 0.1) is 0 Å². The highest BCUT2D eigenvalue weighted by atomic mass is 16.4. The standard InChI is InChI=1S/C98H58N6O2/c1-3-19-65(20-4-1)93-101-103-95(105-93)67-47-39-61(40-48-67)59-35-43-63(44-36-59)91-92(64-45-37-60(38-46-64)62-41-49-68(50-42-62)96-104-102-94(106-96)66-21-5-2-6-22-66)100-90-58-80(70-52-54-78-76-28-12-18-34-86(76)98(88(78)56-70)83-31-15-9-25-73(83)74-26-10-16-32-84(74)98)79(57-89(90)99-91)69-51-53-77-75-27-11-17-33-85(75)97(87(77)55-69)81-29-13-7-23-71(81)72-24-8-14-30-82(72)97/h1-58H. The van der Waals surface area contributed by atoms with Gasteiger partial charge in [0, 0.05) is 33.4 Å². The first-order valence-electron chi connectivity index (χ1n) is 36.0. The molecule has 15 aromatic carbocycles. The minimum atomic E-state index is -0.556. The third-order valence-corrected chi connectivity index (χ3v) is 22.6. The van der Waals surface area contributed by atoms with Crippen LogP contribution in [0.2, 0.25) is 0 Å². The molecule has 8 nitrogen and oxygen atoms in total. The Bertz CT molecular complexity index is 6090. The SMILES string of the molecule is c1ccc(-c2nnc(-c3ccc(-c4ccc(-c5nc6cc(-c7ccc8c(c7)C7(c9ccccc9-c9ccccc97)c7ccccc7-8)c(-c7ccc8c(c7)C7(c9ccccc9-c9ccccc97)c7ccccc7-8)cc6nc5-c5ccc(-c6ccc(-c7nnc(-c8ccccc8)o7)cc6)cc5)cc4)cc3)o2)cc1. The third kappa shape index (κ3) is 8.82. The van der Waals surface area contributed by atoms with Gasteiger partial charge in [-0.1, -0.05) is 279 Å². The van der Waals surface area contributed by atoms with Crippen molar-refractivity contribution in [1.82, 2.24) is 30.4 Å². The summed E-state index contributed by atoms with van der Waals surface area (Å²) in [6.45, 7) is 0. The van der Waals surface area contributed by atoms with Gasteiger partial charge in [-0.2, -0.15) is 0 Å². The fourth-order valence-electron chi connectivity index (χ4n) is 17.8. The highest BCUT2D eigenvalue weighted by Gasteiger charge is 2.53. The Hall–Kier alpha value is -14.1. The van der Waals surface area contributed by atoms with E-state index in [-0.39, 0.29) is 0 Å². The summed E-state index contributed by atoms with van der Waals surface area (Å²) in [4.78, 5) is 11.8. The van der Waals surface area contributed by atoms with E-state index in [1.165, 1.54) is 89.0 Å². The number of aromatic nitrogens is 6. The molecule has 106 heavy (non-hydrogen) atoms. The first kappa shape index (κ1) is 59.6. The van der Waals surface area contributed by atoms with Crippen LogP contribution < -0.4 is 0 Å². The maximum Gasteiger partial charge on any atom is 0.248 e. The van der Waals surface area contributed by atoms with Crippen molar-refractivity contribution in [2.45, 2.75) is 10.8 Å². The average molecular weight is 1350 g/mol. The molecule has 0 bridgehead atoms. The monoisotopic (exact) mass is 1350 g/mol. The smallest absolute Gasteiger partial charge is 0.248 e. The number of benzene rings is 15. The fourth-order valence-corrected chi connectivity index (χ4v) is 17.8. The minimum Gasteiger partial charge on any atom is -0.416 e. The van der Waals surface area contributed by atoms with Crippen molar-refractivity contribution in [1.29, 1.82) is 0 Å². The topological polar surface area (TPSA) is 104 Å². The van der Waals surface area contributed by atoms with Crippen LogP contribution in [0.15, 0.2) is 361 Å². The Morgan fingerprint density at radius 3 is 0.689 bits per heavy atom. The van der Waals surface area contributed by atoms with Crippen LogP contribution in [0.1, 0.15) is 44.5 Å². The van der Waals surface area contributed by atoms with Crippen molar-refractivity contribution in [3.8, 4) is 157 Å². The molecule has 0 atom stereocenters. The molecular formula is C98H58N6O2. The van der Waals surface area contributed by atoms with E-state index >= 15 is 0 Å². The van der Waals surface area contributed by atoms with Gasteiger partial charge in [0.25, 0.3) is 0 Å². The van der Waals surface area contributed by atoms with Gasteiger partial charge < -0.3 is 8.83 Å². The van der Waals surface area contributed by atoms with Gasteiger partial charge in [-0.3, -0.25) is 0 Å². The second-order valence-corrected chi connectivity index (χ2v) is 28.0. The average Bonchev–Trinajstić information content (AvgIpc) is 1.52. The van der Waals surface area contributed by atoms with Crippen LogP contribution in [0.4, 0.5) is 0 Å². The van der Waals surface area contributed by atoms with E-state index in [1.807, 2.05) is 84.9 Å². The lowest BCUT2D eigenvalue weighted by Gasteiger charge is -2.31. The van der Waals surface area contributed by atoms with E-state index in [0.29, 0.717) is 23.6 Å². The van der Waals surface area contributed by atoms with E-state index < -0.39 is 10.8 Å². The zero-order valence-electron chi connectivity index (χ0n) is 57.0. The summed E-state index contributed by atoms with van der Waals surface area (Å²) in [6, 6.07) is 127. The van der Waals surface area contributed by atoms with Crippen LogP contribution in [0.25, 0.3) is 168 Å². The Morgan fingerprint density at radius 2 is 0.396 bits per heavy atom. The largest absolute Gasteiger partial charge is 0.416 e. The zero-order chi connectivity index (χ0) is 69.6. The predicted octanol–water partition coefficient (Wildman–Crippen LogP) is 23.8. The molecule has 22 rings (SSSR count). The summed E-state index contributed by atoms with van der Waals surface area (Å²) >= 11 is 0. The highest BCUT2D eigenvalue weighted by molar-refractivity contribution is 6.02. The molecule has 3 aromatic heterocycles. The van der Waals surface area contributed by atoms with Crippen LogP contribution in [0.5, 0.6) is 0 Å². The molecule has 0 saturated heterocycles. The molecule has 8 heteroatoms. The number of rotatable bonds is 10. The van der Waals surface area contributed by atoms with Crippen LogP contribution in [-0.2, 0) is 10.8 Å². The normalized spacial score (nSPS) is 13.2. The summed E-state index contributed by atoms with van der Waals surface area (Å²) in [5.74, 6) is 1.89.